The summed E-state index contributed by atoms with van der Waals surface area (Å²) in [5.41, 5.74) is 0. The Morgan fingerprint density at radius 1 is 1.20 bits per heavy atom. The van der Waals surface area contributed by atoms with Crippen molar-refractivity contribution in [2.24, 2.45) is 11.8 Å². The minimum Gasteiger partial charge on any atom is -0.454 e. The van der Waals surface area contributed by atoms with Gasteiger partial charge in [-0.1, -0.05) is 18.2 Å². The molecule has 9 heteroatoms. The van der Waals surface area contributed by atoms with Crippen molar-refractivity contribution in [2.75, 3.05) is 19.7 Å². The summed E-state index contributed by atoms with van der Waals surface area (Å²) in [6.07, 6.45) is 6.07. The molecule has 2 rings (SSSR count). The van der Waals surface area contributed by atoms with E-state index in [0.717, 1.165) is 4.90 Å². The largest absolute Gasteiger partial charge is 0.454 e. The molecule has 0 aromatic carbocycles. The van der Waals surface area contributed by atoms with E-state index in [2.05, 4.69) is 11.9 Å². The van der Waals surface area contributed by atoms with Crippen LogP contribution in [0.15, 0.2) is 24.8 Å². The molecule has 1 saturated heterocycles. The van der Waals surface area contributed by atoms with Crippen LogP contribution in [0.4, 0.5) is 4.79 Å². The SMILES string of the molecule is C=CCNC(=O)NC(=O)COC(=O)CN1C(=O)C2CC=CCC2C1=O. The van der Waals surface area contributed by atoms with Gasteiger partial charge in [0.05, 0.1) is 11.8 Å². The third kappa shape index (κ3) is 4.52. The molecular formula is C16H19N3O6. The summed E-state index contributed by atoms with van der Waals surface area (Å²) in [5.74, 6) is -3.37. The van der Waals surface area contributed by atoms with Crippen molar-refractivity contribution >= 4 is 29.7 Å². The molecule has 1 aliphatic carbocycles. The molecule has 5 amide bonds. The summed E-state index contributed by atoms with van der Waals surface area (Å²) in [5, 5.41) is 4.27. The van der Waals surface area contributed by atoms with E-state index in [1.807, 2.05) is 17.5 Å². The van der Waals surface area contributed by atoms with Crippen molar-refractivity contribution in [1.29, 1.82) is 0 Å². The number of nitrogens with zero attached hydrogens (tertiary/aromatic N) is 1. The number of allylic oxidation sites excluding steroid dienone is 2. The van der Waals surface area contributed by atoms with Crippen molar-refractivity contribution in [3.8, 4) is 0 Å². The van der Waals surface area contributed by atoms with Gasteiger partial charge in [-0.25, -0.2) is 4.79 Å². The maximum Gasteiger partial charge on any atom is 0.326 e. The number of carbonyl (C=O) groups is 5. The number of likely N-dealkylation sites (tertiary alicyclic amines) is 1. The van der Waals surface area contributed by atoms with Crippen LogP contribution in [0.1, 0.15) is 12.8 Å². The predicted molar refractivity (Wildman–Crippen MR) is 84.8 cm³/mol. The molecule has 0 saturated carbocycles. The van der Waals surface area contributed by atoms with Crippen molar-refractivity contribution in [3.63, 3.8) is 0 Å². The lowest BCUT2D eigenvalue weighted by Gasteiger charge is -2.14. The molecule has 1 heterocycles. The molecule has 9 nitrogen and oxygen atoms in total. The first-order valence-electron chi connectivity index (χ1n) is 7.78. The van der Waals surface area contributed by atoms with E-state index >= 15 is 0 Å². The van der Waals surface area contributed by atoms with Crippen LogP contribution in [-0.4, -0.2) is 54.3 Å². The van der Waals surface area contributed by atoms with Crippen LogP contribution in [0.5, 0.6) is 0 Å². The molecule has 0 bridgehead atoms. The number of nitrogens with one attached hydrogen (secondary N) is 2. The third-order valence-corrected chi connectivity index (χ3v) is 3.91. The van der Waals surface area contributed by atoms with Gasteiger partial charge in [-0.05, 0) is 12.8 Å². The molecule has 25 heavy (non-hydrogen) atoms. The molecule has 1 aliphatic heterocycles. The first-order chi connectivity index (χ1) is 11.9. The van der Waals surface area contributed by atoms with Crippen molar-refractivity contribution in [2.45, 2.75) is 12.8 Å². The first-order valence-corrected chi connectivity index (χ1v) is 7.78. The summed E-state index contributed by atoms with van der Waals surface area (Å²) < 4.78 is 4.71. The molecule has 2 aliphatic rings. The Labute approximate surface area is 144 Å². The predicted octanol–water partition coefficient (Wildman–Crippen LogP) is -0.507. The Morgan fingerprint density at radius 3 is 2.36 bits per heavy atom. The molecule has 1 fully saturated rings. The van der Waals surface area contributed by atoms with Gasteiger partial charge in [-0.15, -0.1) is 6.58 Å². The summed E-state index contributed by atoms with van der Waals surface area (Å²) in [6, 6.07) is -0.748. The second kappa shape index (κ2) is 8.22. The molecule has 0 radical (unpaired) electrons. The average Bonchev–Trinajstić information content (AvgIpc) is 2.83. The van der Waals surface area contributed by atoms with E-state index in [0.29, 0.717) is 12.8 Å². The average molecular weight is 349 g/mol. The highest BCUT2D eigenvalue weighted by Gasteiger charge is 2.47. The van der Waals surface area contributed by atoms with Crippen LogP contribution in [0.25, 0.3) is 0 Å². The van der Waals surface area contributed by atoms with E-state index in [1.165, 1.54) is 6.08 Å². The van der Waals surface area contributed by atoms with Crippen LogP contribution < -0.4 is 10.6 Å². The Kier molecular flexibility index (Phi) is 6.04. The zero-order valence-corrected chi connectivity index (χ0v) is 13.5. The fraction of sp³-hybridized carbons (Fsp3) is 0.438. The molecule has 134 valence electrons. The number of esters is 1. The van der Waals surface area contributed by atoms with Crippen molar-refractivity contribution in [1.82, 2.24) is 15.5 Å². The molecule has 2 unspecified atom stereocenters. The van der Waals surface area contributed by atoms with E-state index in [9.17, 15) is 24.0 Å². The van der Waals surface area contributed by atoms with Gasteiger partial charge < -0.3 is 10.1 Å². The Hall–Kier alpha value is -2.97. The standard InChI is InChI=1S/C16H19N3O6/c1-2-7-17-16(24)18-12(20)9-25-13(21)8-19-14(22)10-5-3-4-6-11(10)15(19)23/h2-4,10-11H,1,5-9H2,(H2,17,18,20,24). The Balaban J connectivity index is 1.78. The number of hydrogen-bond donors (Lipinski definition) is 2. The summed E-state index contributed by atoms with van der Waals surface area (Å²) in [6.45, 7) is 2.34. The molecule has 2 atom stereocenters. The number of hydrogen-bond acceptors (Lipinski definition) is 6. The zero-order chi connectivity index (χ0) is 18.4. The first kappa shape index (κ1) is 18.4. The Bertz CT molecular complexity index is 616. The third-order valence-electron chi connectivity index (χ3n) is 3.91. The lowest BCUT2D eigenvalue weighted by molar-refractivity contribution is -0.154. The van der Waals surface area contributed by atoms with E-state index in [4.69, 9.17) is 4.74 Å². The van der Waals surface area contributed by atoms with Crippen molar-refractivity contribution < 1.29 is 28.7 Å². The number of carbonyl (C=O) groups excluding carboxylic acids is 5. The number of urea groups is 1. The molecular weight excluding hydrogens is 330 g/mol. The maximum atomic E-state index is 12.2. The molecule has 2 N–H and O–H groups in total. The van der Waals surface area contributed by atoms with Gasteiger partial charge in [-0.3, -0.25) is 29.4 Å². The smallest absolute Gasteiger partial charge is 0.326 e. The highest BCUT2D eigenvalue weighted by molar-refractivity contribution is 6.07. The van der Waals surface area contributed by atoms with Crippen LogP contribution in [0.3, 0.4) is 0 Å². The number of amides is 5. The fourth-order valence-corrected chi connectivity index (χ4v) is 2.72. The summed E-state index contributed by atoms with van der Waals surface area (Å²) >= 11 is 0. The highest BCUT2D eigenvalue weighted by Crippen LogP contribution is 2.34. The topological polar surface area (TPSA) is 122 Å². The second-order valence-electron chi connectivity index (χ2n) is 5.63. The van der Waals surface area contributed by atoms with Crippen LogP contribution >= 0.6 is 0 Å². The second-order valence-corrected chi connectivity index (χ2v) is 5.63. The summed E-state index contributed by atoms with van der Waals surface area (Å²) in [4.78, 5) is 59.7. The minimum absolute atomic E-state index is 0.176. The number of ether oxygens (including phenoxy) is 1. The maximum absolute atomic E-state index is 12.2. The number of fused-ring (bicyclic) bond motifs is 1. The van der Waals surface area contributed by atoms with E-state index in [-0.39, 0.29) is 6.54 Å². The Morgan fingerprint density at radius 2 is 1.80 bits per heavy atom. The van der Waals surface area contributed by atoms with Gasteiger partial charge in [-0.2, -0.15) is 0 Å². The van der Waals surface area contributed by atoms with Gasteiger partial charge in [0.15, 0.2) is 6.61 Å². The minimum atomic E-state index is -0.894. The zero-order valence-electron chi connectivity index (χ0n) is 13.5. The lowest BCUT2D eigenvalue weighted by Crippen LogP contribution is -2.42. The fourth-order valence-electron chi connectivity index (χ4n) is 2.72. The lowest BCUT2D eigenvalue weighted by atomic mass is 9.85. The van der Waals surface area contributed by atoms with Gasteiger partial charge in [0, 0.05) is 6.54 Å². The van der Waals surface area contributed by atoms with Crippen LogP contribution in [0, 0.1) is 11.8 Å². The normalized spacial score (nSPS) is 21.5. The van der Waals surface area contributed by atoms with Crippen LogP contribution in [0.2, 0.25) is 0 Å². The van der Waals surface area contributed by atoms with Gasteiger partial charge in [0.2, 0.25) is 11.8 Å². The van der Waals surface area contributed by atoms with Gasteiger partial charge in [0.25, 0.3) is 5.91 Å². The molecule has 0 spiro atoms. The monoisotopic (exact) mass is 349 g/mol. The van der Waals surface area contributed by atoms with Crippen molar-refractivity contribution in [3.05, 3.63) is 24.8 Å². The van der Waals surface area contributed by atoms with Gasteiger partial charge >= 0.3 is 12.0 Å². The van der Waals surface area contributed by atoms with Gasteiger partial charge in [0.1, 0.15) is 6.54 Å². The quantitative estimate of drug-likeness (QED) is 0.378. The number of rotatable bonds is 6. The molecule has 0 aromatic heterocycles. The number of imide groups is 2. The molecule has 0 aromatic rings. The van der Waals surface area contributed by atoms with E-state index < -0.39 is 54.7 Å². The van der Waals surface area contributed by atoms with E-state index in [1.54, 1.807) is 0 Å². The highest BCUT2D eigenvalue weighted by atomic mass is 16.5. The summed E-state index contributed by atoms with van der Waals surface area (Å²) in [7, 11) is 0. The van der Waals surface area contributed by atoms with Crippen LogP contribution in [-0.2, 0) is 23.9 Å².